The Morgan fingerprint density at radius 3 is 2.23 bits per heavy atom. The Balaban J connectivity index is 1.48. The van der Waals surface area contributed by atoms with E-state index in [1.54, 1.807) is 24.7 Å². The summed E-state index contributed by atoms with van der Waals surface area (Å²) in [5.41, 5.74) is 4.68. The summed E-state index contributed by atoms with van der Waals surface area (Å²) >= 11 is 0. The number of rotatable bonds is 6. The second kappa shape index (κ2) is 10.0. The van der Waals surface area contributed by atoms with Crippen LogP contribution in [0.15, 0.2) is 102 Å². The Bertz CT molecular complexity index is 1120. The number of carbonyl (C=O) groups excluding carboxylic acids is 1. The highest BCUT2D eigenvalue weighted by molar-refractivity contribution is 6.10. The lowest BCUT2D eigenvalue weighted by atomic mass is 10.1. The molecule has 31 heavy (non-hydrogen) atoms. The predicted molar refractivity (Wildman–Crippen MR) is 124 cm³/mol. The Labute approximate surface area is 181 Å². The molecule has 0 aliphatic rings. The zero-order valence-electron chi connectivity index (χ0n) is 17.0. The first-order chi connectivity index (χ1) is 15.3. The summed E-state index contributed by atoms with van der Waals surface area (Å²) in [5, 5.41) is 6.11. The Morgan fingerprint density at radius 2 is 1.55 bits per heavy atom. The molecule has 0 aliphatic carbocycles. The number of guanidine groups is 1. The van der Waals surface area contributed by atoms with Gasteiger partial charge in [-0.15, -0.1) is 0 Å². The van der Waals surface area contributed by atoms with Crippen molar-refractivity contribution in [2.45, 2.75) is 6.42 Å². The molecule has 1 aromatic heterocycles. The van der Waals surface area contributed by atoms with Crippen molar-refractivity contribution in [3.8, 4) is 11.1 Å². The quantitative estimate of drug-likeness (QED) is 0.323. The van der Waals surface area contributed by atoms with Gasteiger partial charge in [0.25, 0.3) is 5.91 Å². The van der Waals surface area contributed by atoms with Crippen LogP contribution >= 0.6 is 0 Å². The van der Waals surface area contributed by atoms with Crippen molar-refractivity contribution in [3.05, 3.63) is 109 Å². The Morgan fingerprint density at radius 1 is 0.871 bits per heavy atom. The minimum atomic E-state index is -0.214. The van der Waals surface area contributed by atoms with Gasteiger partial charge >= 0.3 is 0 Å². The average molecular weight is 409 g/mol. The highest BCUT2D eigenvalue weighted by Gasteiger charge is 2.09. The average Bonchev–Trinajstić information content (AvgIpc) is 3.34. The molecule has 0 radical (unpaired) electrons. The van der Waals surface area contributed by atoms with Gasteiger partial charge in [0.05, 0.1) is 6.33 Å². The van der Waals surface area contributed by atoms with Crippen molar-refractivity contribution < 1.29 is 4.79 Å². The van der Waals surface area contributed by atoms with E-state index in [9.17, 15) is 4.79 Å². The third kappa shape index (κ3) is 5.67. The second-order valence-electron chi connectivity index (χ2n) is 6.95. The van der Waals surface area contributed by atoms with Gasteiger partial charge in [-0.1, -0.05) is 60.7 Å². The number of nitrogens with zero attached hydrogens (tertiary/aromatic N) is 2. The molecule has 6 heteroatoms. The topological polar surface area (TPSA) is 82.2 Å². The lowest BCUT2D eigenvalue weighted by molar-refractivity contribution is 0.0977. The maximum atomic E-state index is 12.6. The van der Waals surface area contributed by atoms with Crippen LogP contribution in [0.25, 0.3) is 11.1 Å². The van der Waals surface area contributed by atoms with E-state index in [-0.39, 0.29) is 5.91 Å². The minimum absolute atomic E-state index is 0.214. The van der Waals surface area contributed by atoms with Crippen molar-refractivity contribution in [1.82, 2.24) is 15.3 Å². The molecule has 0 spiro atoms. The number of aliphatic imine (C=N–C) groups is 1. The summed E-state index contributed by atoms with van der Waals surface area (Å²) in [4.78, 5) is 24.3. The number of imidazole rings is 1. The number of hydrogen-bond acceptors (Lipinski definition) is 3. The number of aromatic amines is 1. The molecule has 4 rings (SSSR count). The molecule has 0 aliphatic heterocycles. The third-order valence-electron chi connectivity index (χ3n) is 4.73. The van der Waals surface area contributed by atoms with Gasteiger partial charge in [-0.05, 0) is 35.4 Å². The number of anilines is 1. The first-order valence-corrected chi connectivity index (χ1v) is 10.1. The van der Waals surface area contributed by atoms with E-state index >= 15 is 0 Å². The van der Waals surface area contributed by atoms with Crippen molar-refractivity contribution in [2.24, 2.45) is 4.99 Å². The highest BCUT2D eigenvalue weighted by Crippen LogP contribution is 2.21. The molecule has 154 valence electrons. The summed E-state index contributed by atoms with van der Waals surface area (Å²) in [7, 11) is 0. The van der Waals surface area contributed by atoms with Crippen molar-refractivity contribution in [3.63, 3.8) is 0 Å². The van der Waals surface area contributed by atoms with Gasteiger partial charge in [-0.2, -0.15) is 0 Å². The number of carbonyl (C=O) groups is 1. The molecule has 0 saturated heterocycles. The molecule has 1 heterocycles. The number of nitrogens with one attached hydrogen (secondary N) is 3. The SMILES string of the molecule is O=C(NC(=NCCc1cnc[nH]1)Nc1ccc(-c2ccccc2)cc1)c1ccccc1. The fourth-order valence-electron chi connectivity index (χ4n) is 3.10. The van der Waals surface area contributed by atoms with Gasteiger partial charge in [0, 0.05) is 36.1 Å². The van der Waals surface area contributed by atoms with Gasteiger partial charge in [0.15, 0.2) is 0 Å². The first kappa shape index (κ1) is 20.1. The third-order valence-corrected chi connectivity index (χ3v) is 4.73. The number of amides is 1. The van der Waals surface area contributed by atoms with Crippen molar-refractivity contribution >= 4 is 17.6 Å². The Hall–Kier alpha value is -4.19. The standard InChI is InChI=1S/C25H23N5O/c31-24(21-9-5-2-6-10-21)30-25(27-16-15-23-17-26-18-28-23)29-22-13-11-20(12-14-22)19-7-3-1-4-8-19/h1-14,17-18H,15-16H2,(H,26,28)(H2,27,29,30,31). The molecule has 3 N–H and O–H groups in total. The van der Waals surface area contributed by atoms with Crippen LogP contribution < -0.4 is 10.6 Å². The molecule has 0 atom stereocenters. The highest BCUT2D eigenvalue weighted by atomic mass is 16.1. The van der Waals surface area contributed by atoms with Crippen molar-refractivity contribution in [1.29, 1.82) is 0 Å². The zero-order chi connectivity index (χ0) is 21.3. The van der Waals surface area contributed by atoms with Gasteiger partial charge in [0.2, 0.25) is 5.96 Å². The maximum Gasteiger partial charge on any atom is 0.257 e. The van der Waals surface area contributed by atoms with E-state index in [1.165, 1.54) is 0 Å². The van der Waals surface area contributed by atoms with Crippen LogP contribution in [0, 0.1) is 0 Å². The molecular weight excluding hydrogens is 386 g/mol. The van der Waals surface area contributed by atoms with E-state index in [2.05, 4.69) is 37.7 Å². The summed E-state index contributed by atoms with van der Waals surface area (Å²) in [6.45, 7) is 0.502. The van der Waals surface area contributed by atoms with Crippen LogP contribution in [0.4, 0.5) is 5.69 Å². The predicted octanol–water partition coefficient (Wildman–Crippen LogP) is 4.52. The number of hydrogen-bond donors (Lipinski definition) is 3. The van der Waals surface area contributed by atoms with E-state index in [1.807, 2.05) is 60.7 Å². The fourth-order valence-corrected chi connectivity index (χ4v) is 3.10. The van der Waals surface area contributed by atoms with Crippen LogP contribution in [0.2, 0.25) is 0 Å². The van der Waals surface area contributed by atoms with Crippen LogP contribution in [0.3, 0.4) is 0 Å². The Kier molecular flexibility index (Phi) is 6.50. The summed E-state index contributed by atoms with van der Waals surface area (Å²) in [6, 6.07) is 27.3. The second-order valence-corrected chi connectivity index (χ2v) is 6.95. The van der Waals surface area contributed by atoms with E-state index in [0.29, 0.717) is 24.5 Å². The number of benzene rings is 3. The smallest absolute Gasteiger partial charge is 0.257 e. The van der Waals surface area contributed by atoms with Crippen molar-refractivity contribution in [2.75, 3.05) is 11.9 Å². The summed E-state index contributed by atoms with van der Waals surface area (Å²) in [6.07, 6.45) is 4.11. The molecule has 0 saturated carbocycles. The molecular formula is C25H23N5O. The zero-order valence-corrected chi connectivity index (χ0v) is 17.0. The maximum absolute atomic E-state index is 12.6. The molecule has 3 aromatic carbocycles. The summed E-state index contributed by atoms with van der Waals surface area (Å²) in [5.74, 6) is 0.190. The van der Waals surface area contributed by atoms with E-state index in [4.69, 9.17) is 0 Å². The van der Waals surface area contributed by atoms with E-state index < -0.39 is 0 Å². The van der Waals surface area contributed by atoms with Crippen LogP contribution in [0.1, 0.15) is 16.1 Å². The molecule has 0 unspecified atom stereocenters. The van der Waals surface area contributed by atoms with E-state index in [0.717, 1.165) is 22.5 Å². The number of H-pyrrole nitrogens is 1. The van der Waals surface area contributed by atoms with Gasteiger partial charge < -0.3 is 10.3 Å². The fraction of sp³-hybridized carbons (Fsp3) is 0.0800. The summed E-state index contributed by atoms with van der Waals surface area (Å²) < 4.78 is 0. The molecule has 0 bridgehead atoms. The van der Waals surface area contributed by atoms with Gasteiger partial charge in [0.1, 0.15) is 0 Å². The van der Waals surface area contributed by atoms with Crippen LogP contribution in [0.5, 0.6) is 0 Å². The molecule has 4 aromatic rings. The molecule has 0 fully saturated rings. The molecule has 6 nitrogen and oxygen atoms in total. The monoisotopic (exact) mass is 409 g/mol. The first-order valence-electron chi connectivity index (χ1n) is 10.1. The van der Waals surface area contributed by atoms with Crippen LogP contribution in [-0.2, 0) is 6.42 Å². The minimum Gasteiger partial charge on any atom is -0.348 e. The lowest BCUT2D eigenvalue weighted by Crippen LogP contribution is -2.36. The van der Waals surface area contributed by atoms with Crippen LogP contribution in [-0.4, -0.2) is 28.4 Å². The largest absolute Gasteiger partial charge is 0.348 e. The van der Waals surface area contributed by atoms with Gasteiger partial charge in [-0.25, -0.2) is 4.98 Å². The lowest BCUT2D eigenvalue weighted by Gasteiger charge is -2.12. The van der Waals surface area contributed by atoms with Gasteiger partial charge in [-0.3, -0.25) is 15.1 Å². The molecule has 1 amide bonds. The normalized spacial score (nSPS) is 11.2. The number of aromatic nitrogens is 2.